The Labute approximate surface area is 185 Å². The Bertz CT molecular complexity index is 1180. The Kier molecular flexibility index (Phi) is 5.67. The summed E-state index contributed by atoms with van der Waals surface area (Å²) in [5, 5.41) is 10.4. The van der Waals surface area contributed by atoms with E-state index in [1.54, 1.807) is 45.7 Å². The number of aryl methyl sites for hydroxylation is 2. The molecule has 1 aliphatic rings. The van der Waals surface area contributed by atoms with Gasteiger partial charge in [-0.2, -0.15) is 0 Å². The Morgan fingerprint density at radius 2 is 2.22 bits per heavy atom. The van der Waals surface area contributed by atoms with E-state index in [0.29, 0.717) is 41.7 Å². The highest BCUT2D eigenvalue weighted by Gasteiger charge is 2.35. The topological polar surface area (TPSA) is 106 Å². The number of ether oxygens (including phenoxy) is 1. The molecule has 3 heterocycles. The molecule has 2 amide bonds. The Morgan fingerprint density at radius 3 is 2.94 bits per heavy atom. The van der Waals surface area contributed by atoms with Gasteiger partial charge in [-0.3, -0.25) is 18.9 Å². The standard InChI is InChI=1S/C22H25N7O3/c1-5-15-11-23-20-17(25-18-12-27(3)26-21(18)32-4)13-28(22(31)29(15)20)16-9-7-8-14(10-16)24-19(30)6-2/h6-12,17,25H,2,5,13H2,1,3-4H3,(H,24,30). The van der Waals surface area contributed by atoms with Gasteiger partial charge in [0.25, 0.3) is 5.88 Å². The fourth-order valence-electron chi connectivity index (χ4n) is 3.76. The third-order valence-electron chi connectivity index (χ3n) is 5.25. The first-order valence-electron chi connectivity index (χ1n) is 10.2. The van der Waals surface area contributed by atoms with Crippen molar-refractivity contribution in [1.29, 1.82) is 0 Å². The summed E-state index contributed by atoms with van der Waals surface area (Å²) in [5.74, 6) is 0.768. The lowest BCUT2D eigenvalue weighted by Crippen LogP contribution is -2.46. The van der Waals surface area contributed by atoms with E-state index in [-0.39, 0.29) is 18.0 Å². The zero-order valence-corrected chi connectivity index (χ0v) is 18.2. The second-order valence-corrected chi connectivity index (χ2v) is 7.36. The molecule has 1 atom stereocenters. The number of rotatable bonds is 7. The van der Waals surface area contributed by atoms with Crippen LogP contribution in [0.5, 0.6) is 5.88 Å². The van der Waals surface area contributed by atoms with Gasteiger partial charge in [0.05, 0.1) is 19.9 Å². The van der Waals surface area contributed by atoms with Crippen LogP contribution < -0.4 is 20.3 Å². The summed E-state index contributed by atoms with van der Waals surface area (Å²) in [6, 6.07) is 6.63. The van der Waals surface area contributed by atoms with E-state index in [4.69, 9.17) is 4.74 Å². The minimum Gasteiger partial charge on any atom is -0.478 e. The van der Waals surface area contributed by atoms with Gasteiger partial charge in [-0.25, -0.2) is 9.78 Å². The summed E-state index contributed by atoms with van der Waals surface area (Å²) in [5.41, 5.74) is 2.75. The van der Waals surface area contributed by atoms with Crippen LogP contribution in [0.1, 0.15) is 24.5 Å². The van der Waals surface area contributed by atoms with E-state index in [2.05, 4.69) is 27.3 Å². The number of hydrogen-bond donors (Lipinski definition) is 2. The minimum atomic E-state index is -0.319. The molecule has 2 aromatic heterocycles. The average Bonchev–Trinajstić information content (AvgIpc) is 3.39. The number of carbonyl (C=O) groups is 2. The van der Waals surface area contributed by atoms with Crippen LogP contribution in [0.3, 0.4) is 0 Å². The summed E-state index contributed by atoms with van der Waals surface area (Å²) in [4.78, 5) is 31.4. The van der Waals surface area contributed by atoms with Crippen LogP contribution in [0.25, 0.3) is 0 Å². The van der Waals surface area contributed by atoms with Crippen molar-refractivity contribution in [2.45, 2.75) is 19.4 Å². The summed E-state index contributed by atoms with van der Waals surface area (Å²) < 4.78 is 8.66. The van der Waals surface area contributed by atoms with Gasteiger partial charge in [-0.1, -0.05) is 19.6 Å². The van der Waals surface area contributed by atoms with Gasteiger partial charge in [-0.15, -0.1) is 5.10 Å². The van der Waals surface area contributed by atoms with Crippen LogP contribution in [0.4, 0.5) is 21.9 Å². The largest absolute Gasteiger partial charge is 0.478 e. The Hall–Kier alpha value is -4.08. The molecule has 3 aromatic rings. The number of nitrogens with zero attached hydrogens (tertiary/aromatic N) is 5. The predicted octanol–water partition coefficient (Wildman–Crippen LogP) is 2.95. The van der Waals surface area contributed by atoms with Crippen LogP contribution in [-0.4, -0.2) is 44.9 Å². The maximum absolute atomic E-state index is 13.4. The van der Waals surface area contributed by atoms with Gasteiger partial charge in [0, 0.05) is 30.3 Å². The molecule has 0 bridgehead atoms. The third kappa shape index (κ3) is 3.82. The second kappa shape index (κ2) is 8.58. The van der Waals surface area contributed by atoms with Gasteiger partial charge in [0.1, 0.15) is 17.6 Å². The van der Waals surface area contributed by atoms with Gasteiger partial charge < -0.3 is 15.4 Å². The fraction of sp³-hybridized carbons (Fsp3) is 0.273. The molecule has 1 unspecified atom stereocenters. The zero-order valence-electron chi connectivity index (χ0n) is 18.2. The molecule has 0 fully saturated rings. The predicted molar refractivity (Wildman–Crippen MR) is 121 cm³/mol. The number of fused-ring (bicyclic) bond motifs is 1. The molecule has 0 saturated heterocycles. The number of anilines is 3. The number of hydrogen-bond acceptors (Lipinski definition) is 6. The van der Waals surface area contributed by atoms with Crippen molar-refractivity contribution in [3.63, 3.8) is 0 Å². The van der Waals surface area contributed by atoms with Crippen molar-refractivity contribution in [3.8, 4) is 5.88 Å². The molecule has 0 radical (unpaired) electrons. The van der Waals surface area contributed by atoms with Crippen LogP contribution >= 0.6 is 0 Å². The number of imidazole rings is 1. The molecule has 0 aliphatic carbocycles. The first-order valence-corrected chi connectivity index (χ1v) is 10.2. The molecule has 4 rings (SSSR count). The van der Waals surface area contributed by atoms with Gasteiger partial charge in [-0.05, 0) is 30.7 Å². The number of benzene rings is 1. The van der Waals surface area contributed by atoms with Crippen molar-refractivity contribution in [2.75, 3.05) is 29.2 Å². The summed E-state index contributed by atoms with van der Waals surface area (Å²) in [6.45, 7) is 5.78. The van der Waals surface area contributed by atoms with E-state index in [1.165, 1.54) is 6.08 Å². The first-order chi connectivity index (χ1) is 15.4. The Balaban J connectivity index is 1.72. The molecule has 1 aromatic carbocycles. The van der Waals surface area contributed by atoms with Gasteiger partial charge in [0.15, 0.2) is 0 Å². The highest BCUT2D eigenvalue weighted by atomic mass is 16.5. The number of methoxy groups -OCH3 is 1. The maximum Gasteiger partial charge on any atom is 0.334 e. The quantitative estimate of drug-likeness (QED) is 0.553. The Morgan fingerprint density at radius 1 is 1.41 bits per heavy atom. The maximum atomic E-state index is 13.4. The number of carbonyl (C=O) groups excluding carboxylic acids is 2. The number of aromatic nitrogens is 4. The van der Waals surface area contributed by atoms with E-state index >= 15 is 0 Å². The highest BCUT2D eigenvalue weighted by molar-refractivity contribution is 6.00. The van der Waals surface area contributed by atoms with E-state index in [1.807, 2.05) is 26.2 Å². The molecular weight excluding hydrogens is 410 g/mol. The molecule has 10 heteroatoms. The molecule has 0 saturated carbocycles. The van der Waals surface area contributed by atoms with E-state index in [0.717, 1.165) is 5.69 Å². The lowest BCUT2D eigenvalue weighted by molar-refractivity contribution is -0.111. The molecule has 10 nitrogen and oxygen atoms in total. The van der Waals surface area contributed by atoms with E-state index in [9.17, 15) is 9.59 Å². The summed E-state index contributed by atoms with van der Waals surface area (Å²) in [6.07, 6.45) is 5.40. The van der Waals surface area contributed by atoms with Crippen LogP contribution in [0.2, 0.25) is 0 Å². The molecule has 32 heavy (non-hydrogen) atoms. The van der Waals surface area contributed by atoms with Crippen molar-refractivity contribution in [3.05, 3.63) is 60.8 Å². The minimum absolute atomic E-state index is 0.197. The molecular formula is C22H25N7O3. The van der Waals surface area contributed by atoms with Crippen molar-refractivity contribution in [2.24, 2.45) is 7.05 Å². The van der Waals surface area contributed by atoms with E-state index < -0.39 is 0 Å². The summed E-state index contributed by atoms with van der Waals surface area (Å²) in [7, 11) is 3.37. The lowest BCUT2D eigenvalue weighted by atomic mass is 10.1. The van der Waals surface area contributed by atoms with Crippen molar-refractivity contribution >= 4 is 29.0 Å². The molecule has 2 N–H and O–H groups in total. The van der Waals surface area contributed by atoms with Crippen molar-refractivity contribution in [1.82, 2.24) is 19.3 Å². The third-order valence-corrected chi connectivity index (χ3v) is 5.25. The monoisotopic (exact) mass is 435 g/mol. The van der Waals surface area contributed by atoms with Gasteiger partial charge in [0.2, 0.25) is 5.91 Å². The van der Waals surface area contributed by atoms with Crippen LogP contribution in [-0.2, 0) is 18.3 Å². The SMILES string of the molecule is C=CC(=O)Nc1cccc(N2CC(Nc3cn(C)nc3OC)c3ncc(CC)n3C2=O)c1. The second-order valence-electron chi connectivity index (χ2n) is 7.36. The molecule has 0 spiro atoms. The average molecular weight is 435 g/mol. The fourth-order valence-corrected chi connectivity index (χ4v) is 3.76. The highest BCUT2D eigenvalue weighted by Crippen LogP contribution is 2.33. The van der Waals surface area contributed by atoms with Crippen LogP contribution in [0, 0.1) is 0 Å². The van der Waals surface area contributed by atoms with Crippen molar-refractivity contribution < 1.29 is 14.3 Å². The number of nitrogens with one attached hydrogen (secondary N) is 2. The first kappa shape index (κ1) is 21.2. The lowest BCUT2D eigenvalue weighted by Gasteiger charge is -2.34. The molecule has 166 valence electrons. The number of amides is 2. The summed E-state index contributed by atoms with van der Waals surface area (Å²) >= 11 is 0. The smallest absolute Gasteiger partial charge is 0.334 e. The van der Waals surface area contributed by atoms with Crippen LogP contribution in [0.15, 0.2) is 49.3 Å². The van der Waals surface area contributed by atoms with Gasteiger partial charge >= 0.3 is 6.03 Å². The zero-order chi connectivity index (χ0) is 22.8. The normalized spacial score (nSPS) is 15.3. The molecule has 1 aliphatic heterocycles.